The van der Waals surface area contributed by atoms with Crippen LogP contribution < -0.4 is 11.1 Å². The Morgan fingerprint density at radius 3 is 2.95 bits per heavy atom. The van der Waals surface area contributed by atoms with Gasteiger partial charge in [-0.15, -0.1) is 0 Å². The number of nitrogens with two attached hydrogens (primary N) is 1. The maximum atomic E-state index is 14.0. The number of nitrogens with one attached hydrogen (secondary N) is 1. The summed E-state index contributed by atoms with van der Waals surface area (Å²) in [5.74, 6) is -0.425. The number of halogens is 1. The van der Waals surface area contributed by atoms with Gasteiger partial charge in [-0.2, -0.15) is 0 Å². The molecule has 0 radical (unpaired) electrons. The number of carbonyl (C=O) groups is 1. The first-order chi connectivity index (χ1) is 9.70. The largest absolute Gasteiger partial charge is 0.352 e. The van der Waals surface area contributed by atoms with Gasteiger partial charge in [-0.1, -0.05) is 6.07 Å². The molecular formula is C14H17FN4O. The molecule has 0 saturated carbocycles. The van der Waals surface area contributed by atoms with E-state index in [2.05, 4.69) is 10.3 Å². The molecule has 0 bridgehead atoms. The molecule has 5 nitrogen and oxygen atoms in total. The molecule has 2 rings (SSSR count). The zero-order valence-electron chi connectivity index (χ0n) is 11.1. The van der Waals surface area contributed by atoms with Gasteiger partial charge in [0.1, 0.15) is 5.82 Å². The highest BCUT2D eigenvalue weighted by Crippen LogP contribution is 2.14. The Bertz CT molecular complexity index is 569. The second-order valence-corrected chi connectivity index (χ2v) is 4.42. The van der Waals surface area contributed by atoms with Crippen molar-refractivity contribution >= 4 is 5.91 Å². The molecule has 0 aliphatic carbocycles. The Labute approximate surface area is 116 Å². The first-order valence-electron chi connectivity index (χ1n) is 6.44. The summed E-state index contributed by atoms with van der Waals surface area (Å²) in [5, 5.41) is 2.73. The standard InChI is InChI=1S/C14H17FN4O/c15-12-8-11(9-18-14(20)2-1-5-16)3-4-13(12)19-7-6-17-10-19/h3-4,6-8,10H,1-2,5,9,16H2,(H,18,20). The van der Waals surface area contributed by atoms with Gasteiger partial charge in [-0.05, 0) is 30.7 Å². The van der Waals surface area contributed by atoms with E-state index in [4.69, 9.17) is 5.73 Å². The Balaban J connectivity index is 1.97. The molecule has 1 aromatic heterocycles. The van der Waals surface area contributed by atoms with Crippen LogP contribution in [0.3, 0.4) is 0 Å². The minimum absolute atomic E-state index is 0.0745. The van der Waals surface area contributed by atoms with Crippen molar-refractivity contribution < 1.29 is 9.18 Å². The third-order valence-corrected chi connectivity index (χ3v) is 2.89. The normalized spacial score (nSPS) is 10.5. The van der Waals surface area contributed by atoms with Crippen molar-refractivity contribution in [2.75, 3.05) is 6.54 Å². The third kappa shape index (κ3) is 3.64. The molecule has 1 aromatic carbocycles. The molecule has 1 amide bonds. The summed E-state index contributed by atoms with van der Waals surface area (Å²) >= 11 is 0. The van der Waals surface area contributed by atoms with Crippen molar-refractivity contribution in [3.63, 3.8) is 0 Å². The lowest BCUT2D eigenvalue weighted by Crippen LogP contribution is -2.23. The predicted octanol–water partition coefficient (Wildman–Crippen LogP) is 1.37. The molecule has 0 saturated heterocycles. The van der Waals surface area contributed by atoms with Gasteiger partial charge in [0.15, 0.2) is 0 Å². The average molecular weight is 276 g/mol. The molecule has 3 N–H and O–H groups in total. The van der Waals surface area contributed by atoms with Crippen LogP contribution in [0, 0.1) is 5.82 Å². The van der Waals surface area contributed by atoms with Crippen LogP contribution in [0.5, 0.6) is 0 Å². The van der Waals surface area contributed by atoms with E-state index in [1.807, 2.05) is 0 Å². The van der Waals surface area contributed by atoms with E-state index in [9.17, 15) is 9.18 Å². The predicted molar refractivity (Wildman–Crippen MR) is 73.7 cm³/mol. The van der Waals surface area contributed by atoms with Gasteiger partial charge in [0.25, 0.3) is 0 Å². The number of hydrogen-bond acceptors (Lipinski definition) is 3. The molecule has 0 aliphatic heterocycles. The van der Waals surface area contributed by atoms with Crippen LogP contribution in [0.4, 0.5) is 4.39 Å². The van der Waals surface area contributed by atoms with Gasteiger partial charge in [-0.3, -0.25) is 4.79 Å². The summed E-state index contributed by atoms with van der Waals surface area (Å²) < 4.78 is 15.6. The minimum Gasteiger partial charge on any atom is -0.352 e. The lowest BCUT2D eigenvalue weighted by molar-refractivity contribution is -0.121. The van der Waals surface area contributed by atoms with Gasteiger partial charge in [0.05, 0.1) is 12.0 Å². The van der Waals surface area contributed by atoms with Crippen molar-refractivity contribution in [3.05, 3.63) is 48.3 Å². The topological polar surface area (TPSA) is 72.9 Å². The van der Waals surface area contributed by atoms with Gasteiger partial charge in [-0.25, -0.2) is 9.37 Å². The van der Waals surface area contributed by atoms with Gasteiger partial charge in [0, 0.05) is 25.4 Å². The monoisotopic (exact) mass is 276 g/mol. The highest BCUT2D eigenvalue weighted by Gasteiger charge is 2.06. The van der Waals surface area contributed by atoms with Crippen LogP contribution in [0.25, 0.3) is 5.69 Å². The summed E-state index contributed by atoms with van der Waals surface area (Å²) in [4.78, 5) is 15.3. The van der Waals surface area contributed by atoms with E-state index in [0.29, 0.717) is 37.2 Å². The maximum Gasteiger partial charge on any atom is 0.220 e. The number of amides is 1. The number of benzene rings is 1. The fraction of sp³-hybridized carbons (Fsp3) is 0.286. The van der Waals surface area contributed by atoms with E-state index in [1.165, 1.54) is 12.4 Å². The summed E-state index contributed by atoms with van der Waals surface area (Å²) in [6.07, 6.45) is 5.84. The number of nitrogens with zero attached hydrogens (tertiary/aromatic N) is 2. The molecule has 0 aliphatic rings. The summed E-state index contributed by atoms with van der Waals surface area (Å²) in [7, 11) is 0. The molecule has 106 valence electrons. The van der Waals surface area contributed by atoms with Crippen LogP contribution in [0.1, 0.15) is 18.4 Å². The molecule has 6 heteroatoms. The SMILES string of the molecule is NCCCC(=O)NCc1ccc(-n2ccnc2)c(F)c1. The summed E-state index contributed by atoms with van der Waals surface area (Å²) in [6.45, 7) is 0.798. The highest BCUT2D eigenvalue weighted by atomic mass is 19.1. The van der Waals surface area contributed by atoms with Crippen LogP contribution >= 0.6 is 0 Å². The van der Waals surface area contributed by atoms with E-state index in [1.54, 1.807) is 29.1 Å². The van der Waals surface area contributed by atoms with E-state index >= 15 is 0 Å². The van der Waals surface area contributed by atoms with Crippen LogP contribution in [0.15, 0.2) is 36.9 Å². The van der Waals surface area contributed by atoms with Crippen molar-refractivity contribution in [1.29, 1.82) is 0 Å². The zero-order valence-corrected chi connectivity index (χ0v) is 11.1. The molecule has 0 unspecified atom stereocenters. The number of hydrogen-bond donors (Lipinski definition) is 2. The van der Waals surface area contributed by atoms with Gasteiger partial charge >= 0.3 is 0 Å². The molecular weight excluding hydrogens is 259 g/mol. The molecule has 20 heavy (non-hydrogen) atoms. The molecule has 2 aromatic rings. The summed E-state index contributed by atoms with van der Waals surface area (Å²) in [5.41, 5.74) is 6.48. The molecule has 1 heterocycles. The first kappa shape index (κ1) is 14.2. The molecule has 0 atom stereocenters. The smallest absolute Gasteiger partial charge is 0.220 e. The fourth-order valence-corrected chi connectivity index (χ4v) is 1.82. The van der Waals surface area contributed by atoms with Crippen LogP contribution in [-0.2, 0) is 11.3 Å². The number of imidazole rings is 1. The fourth-order valence-electron chi connectivity index (χ4n) is 1.82. The number of aromatic nitrogens is 2. The summed E-state index contributed by atoms with van der Waals surface area (Å²) in [6, 6.07) is 4.86. The number of carbonyl (C=O) groups excluding carboxylic acids is 1. The Kier molecular flexibility index (Phi) is 4.84. The second-order valence-electron chi connectivity index (χ2n) is 4.42. The lowest BCUT2D eigenvalue weighted by atomic mass is 10.2. The molecule has 0 spiro atoms. The zero-order chi connectivity index (χ0) is 14.4. The van der Waals surface area contributed by atoms with Crippen LogP contribution in [-0.4, -0.2) is 22.0 Å². The van der Waals surface area contributed by atoms with E-state index in [0.717, 1.165) is 0 Å². The third-order valence-electron chi connectivity index (χ3n) is 2.89. The minimum atomic E-state index is -0.350. The van der Waals surface area contributed by atoms with Gasteiger partial charge in [0.2, 0.25) is 5.91 Å². The van der Waals surface area contributed by atoms with Crippen molar-refractivity contribution in [1.82, 2.24) is 14.9 Å². The van der Waals surface area contributed by atoms with Crippen molar-refractivity contribution in [2.24, 2.45) is 5.73 Å². The quantitative estimate of drug-likeness (QED) is 0.837. The Morgan fingerprint density at radius 2 is 2.30 bits per heavy atom. The average Bonchev–Trinajstić information content (AvgIpc) is 2.97. The van der Waals surface area contributed by atoms with E-state index < -0.39 is 0 Å². The lowest BCUT2D eigenvalue weighted by Gasteiger charge is -2.08. The van der Waals surface area contributed by atoms with Crippen LogP contribution in [0.2, 0.25) is 0 Å². The Morgan fingerprint density at radius 1 is 1.45 bits per heavy atom. The van der Waals surface area contributed by atoms with E-state index in [-0.39, 0.29) is 11.7 Å². The van der Waals surface area contributed by atoms with Crippen molar-refractivity contribution in [3.8, 4) is 5.69 Å². The van der Waals surface area contributed by atoms with Crippen molar-refractivity contribution in [2.45, 2.75) is 19.4 Å². The molecule has 0 fully saturated rings. The highest BCUT2D eigenvalue weighted by molar-refractivity contribution is 5.75. The number of rotatable bonds is 6. The first-order valence-corrected chi connectivity index (χ1v) is 6.44. The van der Waals surface area contributed by atoms with Gasteiger partial charge < -0.3 is 15.6 Å². The second kappa shape index (κ2) is 6.81. The maximum absolute atomic E-state index is 14.0. The Hall–Kier alpha value is -2.21.